The van der Waals surface area contributed by atoms with Crippen molar-refractivity contribution >= 4 is 17.5 Å². The van der Waals surface area contributed by atoms with Crippen LogP contribution in [0.25, 0.3) is 11.4 Å². The molecule has 0 unspecified atom stereocenters. The van der Waals surface area contributed by atoms with Crippen molar-refractivity contribution in [2.45, 2.75) is 25.8 Å². The molecule has 3 rings (SSSR count). The molecule has 0 spiro atoms. The third-order valence-corrected chi connectivity index (χ3v) is 4.07. The van der Waals surface area contributed by atoms with E-state index in [1.807, 2.05) is 49.4 Å². The molecule has 6 heteroatoms. The molecule has 1 aromatic heterocycles. The van der Waals surface area contributed by atoms with E-state index in [4.69, 9.17) is 16.1 Å². The number of nitrogens with zero attached hydrogens (tertiary/aromatic N) is 2. The van der Waals surface area contributed by atoms with Crippen molar-refractivity contribution in [3.63, 3.8) is 0 Å². The van der Waals surface area contributed by atoms with Gasteiger partial charge in [0.1, 0.15) is 0 Å². The summed E-state index contributed by atoms with van der Waals surface area (Å²) in [6.45, 7) is 1.96. The molecule has 0 saturated carbocycles. The van der Waals surface area contributed by atoms with E-state index in [0.29, 0.717) is 29.6 Å². The Bertz CT molecular complexity index is 831. The van der Waals surface area contributed by atoms with Crippen LogP contribution in [0.4, 0.5) is 0 Å². The number of amides is 1. The Morgan fingerprint density at radius 1 is 1.16 bits per heavy atom. The van der Waals surface area contributed by atoms with E-state index in [1.165, 1.54) is 0 Å². The lowest BCUT2D eigenvalue weighted by Gasteiger charge is -2.13. The van der Waals surface area contributed by atoms with Gasteiger partial charge in [0.15, 0.2) is 0 Å². The lowest BCUT2D eigenvalue weighted by atomic mass is 10.1. The monoisotopic (exact) mass is 355 g/mol. The highest BCUT2D eigenvalue weighted by molar-refractivity contribution is 6.30. The van der Waals surface area contributed by atoms with Crippen molar-refractivity contribution in [1.29, 1.82) is 0 Å². The van der Waals surface area contributed by atoms with Crippen LogP contribution < -0.4 is 5.32 Å². The van der Waals surface area contributed by atoms with E-state index in [-0.39, 0.29) is 11.9 Å². The lowest BCUT2D eigenvalue weighted by molar-refractivity contribution is -0.121. The third kappa shape index (κ3) is 4.67. The lowest BCUT2D eigenvalue weighted by Crippen LogP contribution is -2.26. The summed E-state index contributed by atoms with van der Waals surface area (Å²) in [5.41, 5.74) is 1.89. The molecule has 0 aliphatic carbocycles. The van der Waals surface area contributed by atoms with E-state index in [9.17, 15) is 4.79 Å². The van der Waals surface area contributed by atoms with E-state index in [1.54, 1.807) is 12.1 Å². The third-order valence-electron chi connectivity index (χ3n) is 3.81. The van der Waals surface area contributed by atoms with E-state index >= 15 is 0 Å². The van der Waals surface area contributed by atoms with Gasteiger partial charge in [-0.3, -0.25) is 4.79 Å². The normalized spacial score (nSPS) is 11.9. The number of carbonyl (C=O) groups excluding carboxylic acids is 1. The van der Waals surface area contributed by atoms with Crippen LogP contribution in [0.2, 0.25) is 5.02 Å². The number of hydrogen-bond acceptors (Lipinski definition) is 4. The van der Waals surface area contributed by atoms with Crippen LogP contribution in [0.3, 0.4) is 0 Å². The predicted octanol–water partition coefficient (Wildman–Crippen LogP) is 4.20. The van der Waals surface area contributed by atoms with E-state index in [2.05, 4.69) is 15.5 Å². The molecule has 5 nitrogen and oxygen atoms in total. The molecule has 25 heavy (non-hydrogen) atoms. The Balaban J connectivity index is 1.53. The molecular formula is C19H18ClN3O2. The number of aromatic nitrogens is 2. The van der Waals surface area contributed by atoms with Crippen molar-refractivity contribution in [2.24, 2.45) is 0 Å². The van der Waals surface area contributed by atoms with Gasteiger partial charge in [-0.05, 0) is 36.8 Å². The standard InChI is InChI=1S/C19H18ClN3O2/c1-13(14-5-3-2-4-6-14)21-17(24)11-12-18-22-19(23-25-18)15-7-9-16(20)10-8-15/h2-10,13H,11-12H2,1H3,(H,21,24)/t13-/m1/s1. The van der Waals surface area contributed by atoms with Crippen molar-refractivity contribution in [3.8, 4) is 11.4 Å². The van der Waals surface area contributed by atoms with Crippen LogP contribution in [0.15, 0.2) is 59.1 Å². The second-order valence-electron chi connectivity index (χ2n) is 5.72. The van der Waals surface area contributed by atoms with Crippen LogP contribution in [0.1, 0.15) is 30.8 Å². The Kier molecular flexibility index (Phi) is 5.46. The molecule has 3 aromatic rings. The average molecular weight is 356 g/mol. The highest BCUT2D eigenvalue weighted by Gasteiger charge is 2.13. The number of nitrogens with one attached hydrogen (secondary N) is 1. The van der Waals surface area contributed by atoms with Gasteiger partial charge in [-0.2, -0.15) is 4.98 Å². The minimum atomic E-state index is -0.0532. The minimum absolute atomic E-state index is 0.0407. The summed E-state index contributed by atoms with van der Waals surface area (Å²) in [4.78, 5) is 16.4. The number of carbonyl (C=O) groups is 1. The Hall–Kier alpha value is -2.66. The summed E-state index contributed by atoms with van der Waals surface area (Å²) in [5, 5.41) is 7.56. The van der Waals surface area contributed by atoms with Crippen LogP contribution in [0, 0.1) is 0 Å². The Morgan fingerprint density at radius 2 is 1.88 bits per heavy atom. The molecule has 0 saturated heterocycles. The molecule has 0 aliphatic rings. The zero-order chi connectivity index (χ0) is 17.6. The molecule has 1 amide bonds. The molecule has 0 radical (unpaired) electrons. The fraction of sp³-hybridized carbons (Fsp3) is 0.211. The molecule has 128 valence electrons. The SMILES string of the molecule is C[C@@H](NC(=O)CCc1nc(-c2ccc(Cl)cc2)no1)c1ccccc1. The first-order valence-corrected chi connectivity index (χ1v) is 8.42. The summed E-state index contributed by atoms with van der Waals surface area (Å²) in [5.74, 6) is 0.875. The van der Waals surface area contributed by atoms with Gasteiger partial charge in [0, 0.05) is 23.4 Å². The van der Waals surface area contributed by atoms with Crippen LogP contribution in [0.5, 0.6) is 0 Å². The number of aryl methyl sites for hydroxylation is 1. The van der Waals surface area contributed by atoms with E-state index in [0.717, 1.165) is 11.1 Å². The maximum Gasteiger partial charge on any atom is 0.227 e. The summed E-state index contributed by atoms with van der Waals surface area (Å²) < 4.78 is 5.22. The van der Waals surface area contributed by atoms with Crippen molar-refractivity contribution < 1.29 is 9.32 Å². The van der Waals surface area contributed by atoms with Gasteiger partial charge >= 0.3 is 0 Å². The van der Waals surface area contributed by atoms with Crippen LogP contribution >= 0.6 is 11.6 Å². The van der Waals surface area contributed by atoms with Crippen molar-refractivity contribution in [3.05, 3.63) is 71.1 Å². The fourth-order valence-corrected chi connectivity index (χ4v) is 2.56. The first-order chi connectivity index (χ1) is 12.1. The number of halogens is 1. The second kappa shape index (κ2) is 7.94. The summed E-state index contributed by atoms with van der Waals surface area (Å²) in [6, 6.07) is 17.0. The quantitative estimate of drug-likeness (QED) is 0.719. The topological polar surface area (TPSA) is 68.0 Å². The molecule has 0 aliphatic heterocycles. The highest BCUT2D eigenvalue weighted by Crippen LogP contribution is 2.19. The number of rotatable bonds is 6. The average Bonchev–Trinajstić information content (AvgIpc) is 3.10. The van der Waals surface area contributed by atoms with Crippen molar-refractivity contribution in [1.82, 2.24) is 15.5 Å². The Morgan fingerprint density at radius 3 is 2.60 bits per heavy atom. The van der Waals surface area contributed by atoms with Gasteiger partial charge in [0.25, 0.3) is 0 Å². The maximum absolute atomic E-state index is 12.1. The first kappa shape index (κ1) is 17.2. The molecule has 1 heterocycles. The van der Waals surface area contributed by atoms with Gasteiger partial charge in [-0.1, -0.05) is 47.1 Å². The second-order valence-corrected chi connectivity index (χ2v) is 6.15. The fourth-order valence-electron chi connectivity index (χ4n) is 2.43. The smallest absolute Gasteiger partial charge is 0.227 e. The van der Waals surface area contributed by atoms with Gasteiger partial charge in [0.05, 0.1) is 6.04 Å². The van der Waals surface area contributed by atoms with Gasteiger partial charge in [-0.15, -0.1) is 0 Å². The van der Waals surface area contributed by atoms with Crippen molar-refractivity contribution in [2.75, 3.05) is 0 Å². The zero-order valence-electron chi connectivity index (χ0n) is 13.8. The molecule has 2 aromatic carbocycles. The molecule has 0 fully saturated rings. The van der Waals surface area contributed by atoms with Gasteiger partial charge in [0.2, 0.25) is 17.6 Å². The van der Waals surface area contributed by atoms with E-state index < -0.39 is 0 Å². The minimum Gasteiger partial charge on any atom is -0.350 e. The summed E-state index contributed by atoms with van der Waals surface area (Å²) >= 11 is 5.87. The molecular weight excluding hydrogens is 338 g/mol. The highest BCUT2D eigenvalue weighted by atomic mass is 35.5. The molecule has 1 atom stereocenters. The van der Waals surface area contributed by atoms with Gasteiger partial charge < -0.3 is 9.84 Å². The Labute approximate surface area is 151 Å². The number of hydrogen-bond donors (Lipinski definition) is 1. The number of benzene rings is 2. The molecule has 0 bridgehead atoms. The van der Waals surface area contributed by atoms with Gasteiger partial charge in [-0.25, -0.2) is 0 Å². The summed E-state index contributed by atoms with van der Waals surface area (Å²) in [6.07, 6.45) is 0.688. The summed E-state index contributed by atoms with van der Waals surface area (Å²) in [7, 11) is 0. The molecule has 1 N–H and O–H groups in total. The van der Waals surface area contributed by atoms with Crippen LogP contribution in [-0.2, 0) is 11.2 Å². The predicted molar refractivity (Wildman–Crippen MR) is 96.1 cm³/mol. The zero-order valence-corrected chi connectivity index (χ0v) is 14.5. The largest absolute Gasteiger partial charge is 0.350 e. The maximum atomic E-state index is 12.1. The first-order valence-electron chi connectivity index (χ1n) is 8.04. The van der Waals surface area contributed by atoms with Crippen LogP contribution in [-0.4, -0.2) is 16.0 Å².